The third-order valence-corrected chi connectivity index (χ3v) is 3.37. The third kappa shape index (κ3) is 4.10. The molecule has 0 unspecified atom stereocenters. The molecule has 0 N–H and O–H groups in total. The second kappa shape index (κ2) is 7.78. The van der Waals surface area contributed by atoms with Crippen molar-refractivity contribution in [3.8, 4) is 11.5 Å². The van der Waals surface area contributed by atoms with Crippen molar-refractivity contribution in [3.05, 3.63) is 84.2 Å². The van der Waals surface area contributed by atoms with Gasteiger partial charge in [0.15, 0.2) is 11.5 Å². The summed E-state index contributed by atoms with van der Waals surface area (Å²) in [6, 6.07) is 22.7. The average Bonchev–Trinajstić information content (AvgIpc) is 2.97. The summed E-state index contributed by atoms with van der Waals surface area (Å²) in [5.74, 6) is 1.39. The molecule has 0 spiro atoms. The van der Waals surface area contributed by atoms with Gasteiger partial charge in [-0.05, 0) is 36.4 Å². The molecule has 5 nitrogen and oxygen atoms in total. The molecule has 0 amide bonds. The fourth-order valence-corrected chi connectivity index (χ4v) is 2.05. The van der Waals surface area contributed by atoms with Gasteiger partial charge in [0.05, 0.1) is 23.8 Å². The Labute approximate surface area is 140 Å². The van der Waals surface area contributed by atoms with E-state index < -0.39 is 0 Å². The molecule has 0 atom stereocenters. The molecule has 2 aromatic carbocycles. The van der Waals surface area contributed by atoms with Crippen LogP contribution in [0.3, 0.4) is 0 Å². The van der Waals surface area contributed by atoms with Gasteiger partial charge in [0, 0.05) is 7.05 Å². The quantitative estimate of drug-likeness (QED) is 0.512. The van der Waals surface area contributed by atoms with Gasteiger partial charge in [0.25, 0.3) is 0 Å². The number of hydrogen-bond acceptors (Lipinski definition) is 4. The summed E-state index contributed by atoms with van der Waals surface area (Å²) in [6.45, 7) is 0. The van der Waals surface area contributed by atoms with Crippen molar-refractivity contribution in [2.45, 2.75) is 0 Å². The first-order valence-corrected chi connectivity index (χ1v) is 7.49. The fourth-order valence-electron chi connectivity index (χ4n) is 2.05. The lowest BCUT2D eigenvalue weighted by atomic mass is 10.3. The highest BCUT2D eigenvalue weighted by molar-refractivity contribution is 5.83. The van der Waals surface area contributed by atoms with Crippen LogP contribution in [0.5, 0.6) is 11.5 Å². The molecule has 0 aliphatic heterocycles. The smallest absolute Gasteiger partial charge is 0.157 e. The van der Waals surface area contributed by atoms with Crippen molar-refractivity contribution in [2.24, 2.45) is 17.4 Å². The predicted octanol–water partition coefficient (Wildman–Crippen LogP) is 3.85. The van der Waals surface area contributed by atoms with E-state index in [1.807, 2.05) is 84.4 Å². The molecule has 3 rings (SSSR count). The van der Waals surface area contributed by atoms with E-state index in [2.05, 4.69) is 10.3 Å². The van der Waals surface area contributed by atoms with Crippen LogP contribution in [0.15, 0.2) is 83.1 Å². The Morgan fingerprint density at radius 3 is 1.50 bits per heavy atom. The number of oxime groups is 2. The van der Waals surface area contributed by atoms with Crippen molar-refractivity contribution in [1.82, 2.24) is 4.57 Å². The summed E-state index contributed by atoms with van der Waals surface area (Å²) in [5.41, 5.74) is 1.79. The summed E-state index contributed by atoms with van der Waals surface area (Å²) < 4.78 is 1.94. The normalized spacial score (nSPS) is 11.2. The van der Waals surface area contributed by atoms with Gasteiger partial charge in [-0.25, -0.2) is 0 Å². The van der Waals surface area contributed by atoms with Crippen molar-refractivity contribution in [3.63, 3.8) is 0 Å². The minimum absolute atomic E-state index is 0.695. The number of nitrogens with zero attached hydrogens (tertiary/aromatic N) is 3. The van der Waals surface area contributed by atoms with Gasteiger partial charge in [0.2, 0.25) is 0 Å². The van der Waals surface area contributed by atoms with Crippen LogP contribution in [0.4, 0.5) is 0 Å². The fraction of sp³-hybridized carbons (Fsp3) is 0.0526. The summed E-state index contributed by atoms with van der Waals surface area (Å²) in [5, 5.41) is 7.98. The Balaban J connectivity index is 1.61. The Bertz CT molecular complexity index is 755. The summed E-state index contributed by atoms with van der Waals surface area (Å²) in [4.78, 5) is 10.6. The molecule has 0 aliphatic rings. The second-order valence-corrected chi connectivity index (χ2v) is 5.02. The SMILES string of the molecule is Cn1c(/C=N/Oc2ccccc2)ccc1/C=N/Oc1ccccc1. The third-order valence-electron chi connectivity index (χ3n) is 3.37. The Morgan fingerprint density at radius 2 is 1.08 bits per heavy atom. The van der Waals surface area contributed by atoms with Crippen LogP contribution in [0.25, 0.3) is 0 Å². The zero-order valence-corrected chi connectivity index (χ0v) is 13.2. The van der Waals surface area contributed by atoms with Gasteiger partial charge in [-0.1, -0.05) is 46.7 Å². The zero-order valence-electron chi connectivity index (χ0n) is 13.2. The molecule has 1 heterocycles. The Kier molecular flexibility index (Phi) is 5.04. The van der Waals surface area contributed by atoms with Crippen LogP contribution < -0.4 is 9.68 Å². The molecular weight excluding hydrogens is 302 g/mol. The maximum atomic E-state index is 5.31. The Hall–Kier alpha value is -3.34. The highest BCUT2D eigenvalue weighted by Crippen LogP contribution is 2.10. The van der Waals surface area contributed by atoms with E-state index in [4.69, 9.17) is 9.68 Å². The first kappa shape index (κ1) is 15.6. The van der Waals surface area contributed by atoms with Gasteiger partial charge in [-0.15, -0.1) is 0 Å². The van der Waals surface area contributed by atoms with Crippen LogP contribution >= 0.6 is 0 Å². The molecule has 0 radical (unpaired) electrons. The van der Waals surface area contributed by atoms with E-state index >= 15 is 0 Å². The summed E-state index contributed by atoms with van der Waals surface area (Å²) in [7, 11) is 1.92. The van der Waals surface area contributed by atoms with Crippen molar-refractivity contribution in [1.29, 1.82) is 0 Å². The minimum atomic E-state index is 0.695. The maximum Gasteiger partial charge on any atom is 0.157 e. The lowest BCUT2D eigenvalue weighted by molar-refractivity contribution is 0.343. The number of rotatable bonds is 6. The molecule has 0 saturated carbocycles. The zero-order chi connectivity index (χ0) is 16.6. The van der Waals surface area contributed by atoms with Crippen LogP contribution in [-0.2, 0) is 7.05 Å². The lowest BCUT2D eigenvalue weighted by Gasteiger charge is -2.01. The number of aromatic nitrogens is 1. The number of benzene rings is 2. The summed E-state index contributed by atoms with van der Waals surface area (Å²) >= 11 is 0. The van der Waals surface area contributed by atoms with Crippen LogP contribution in [0, 0.1) is 0 Å². The van der Waals surface area contributed by atoms with E-state index in [-0.39, 0.29) is 0 Å². The van der Waals surface area contributed by atoms with E-state index in [0.29, 0.717) is 11.5 Å². The standard InChI is InChI=1S/C19H17N3O2/c1-22-16(14-20-23-18-8-4-2-5-9-18)12-13-17(22)15-21-24-19-10-6-3-7-11-19/h2-15H,1H3/b20-14+,21-15+. The highest BCUT2D eigenvalue weighted by atomic mass is 16.6. The van der Waals surface area contributed by atoms with Gasteiger partial charge >= 0.3 is 0 Å². The first-order chi connectivity index (χ1) is 11.8. The predicted molar refractivity (Wildman–Crippen MR) is 94.7 cm³/mol. The molecule has 0 aliphatic carbocycles. The highest BCUT2D eigenvalue weighted by Gasteiger charge is 2.01. The summed E-state index contributed by atoms with van der Waals surface area (Å²) in [6.07, 6.45) is 3.31. The first-order valence-electron chi connectivity index (χ1n) is 7.49. The molecule has 0 bridgehead atoms. The minimum Gasteiger partial charge on any atom is -0.357 e. The molecule has 24 heavy (non-hydrogen) atoms. The largest absolute Gasteiger partial charge is 0.357 e. The average molecular weight is 319 g/mol. The van der Waals surface area contributed by atoms with Gasteiger partial charge in [0.1, 0.15) is 0 Å². The second-order valence-electron chi connectivity index (χ2n) is 5.02. The molecule has 120 valence electrons. The van der Waals surface area contributed by atoms with Crippen molar-refractivity contribution < 1.29 is 9.68 Å². The maximum absolute atomic E-state index is 5.31. The molecular formula is C19H17N3O2. The van der Waals surface area contributed by atoms with Crippen molar-refractivity contribution in [2.75, 3.05) is 0 Å². The molecule has 0 fully saturated rings. The molecule has 5 heteroatoms. The van der Waals surface area contributed by atoms with Crippen molar-refractivity contribution >= 4 is 12.4 Å². The number of para-hydroxylation sites is 2. The van der Waals surface area contributed by atoms with E-state index in [9.17, 15) is 0 Å². The molecule has 1 aromatic heterocycles. The number of hydrogen-bond donors (Lipinski definition) is 0. The Morgan fingerprint density at radius 1 is 0.667 bits per heavy atom. The van der Waals surface area contributed by atoms with E-state index in [0.717, 1.165) is 11.4 Å². The lowest BCUT2D eigenvalue weighted by Crippen LogP contribution is -2.01. The van der Waals surface area contributed by atoms with Gasteiger partial charge < -0.3 is 14.2 Å². The van der Waals surface area contributed by atoms with Gasteiger partial charge in [-0.3, -0.25) is 0 Å². The monoisotopic (exact) mass is 319 g/mol. The topological polar surface area (TPSA) is 48.1 Å². The molecule has 3 aromatic rings. The molecule has 0 saturated heterocycles. The van der Waals surface area contributed by atoms with Crippen LogP contribution in [-0.4, -0.2) is 17.0 Å². The van der Waals surface area contributed by atoms with Crippen LogP contribution in [0.2, 0.25) is 0 Å². The van der Waals surface area contributed by atoms with Gasteiger partial charge in [-0.2, -0.15) is 0 Å². The van der Waals surface area contributed by atoms with E-state index in [1.54, 1.807) is 12.4 Å². The van der Waals surface area contributed by atoms with E-state index in [1.165, 1.54) is 0 Å². The van der Waals surface area contributed by atoms with Crippen LogP contribution in [0.1, 0.15) is 11.4 Å².